The standard InChI is InChI=1S/C15H21N5O8/c16-8(3-7-5-17-6-18-7)13(25)19-9(1-2-11(21)22)14(26)20-10(15(27)28)4-12(23)24/h5-6,8-10H,1-4,16H2,(H,17,18)(H,19,25)(H,20,26)(H,21,22)(H,23,24)(H,27,28)/t8-,9-,10-/m0/s1. The zero-order valence-electron chi connectivity index (χ0n) is 14.6. The summed E-state index contributed by atoms with van der Waals surface area (Å²) in [6.07, 6.45) is 1.17. The lowest BCUT2D eigenvalue weighted by Crippen LogP contribution is -2.55. The summed E-state index contributed by atoms with van der Waals surface area (Å²) in [5, 5.41) is 30.8. The lowest BCUT2D eigenvalue weighted by atomic mass is 10.1. The summed E-state index contributed by atoms with van der Waals surface area (Å²) in [4.78, 5) is 63.6. The molecule has 0 aromatic carbocycles. The predicted molar refractivity (Wildman–Crippen MR) is 90.9 cm³/mol. The van der Waals surface area contributed by atoms with E-state index in [1.54, 1.807) is 0 Å². The highest BCUT2D eigenvalue weighted by Gasteiger charge is 2.29. The number of hydrogen-bond acceptors (Lipinski definition) is 7. The minimum Gasteiger partial charge on any atom is -0.481 e. The van der Waals surface area contributed by atoms with Crippen LogP contribution < -0.4 is 16.4 Å². The van der Waals surface area contributed by atoms with E-state index in [4.69, 9.17) is 21.1 Å². The molecule has 0 saturated carbocycles. The molecule has 154 valence electrons. The normalized spacial score (nSPS) is 13.8. The fourth-order valence-electron chi connectivity index (χ4n) is 2.19. The molecule has 13 nitrogen and oxygen atoms in total. The van der Waals surface area contributed by atoms with E-state index >= 15 is 0 Å². The molecule has 1 aromatic heterocycles. The van der Waals surface area contributed by atoms with Gasteiger partial charge in [0.15, 0.2) is 0 Å². The maximum absolute atomic E-state index is 12.3. The van der Waals surface area contributed by atoms with E-state index in [-0.39, 0.29) is 12.8 Å². The first-order chi connectivity index (χ1) is 13.1. The number of amides is 2. The number of carboxylic acids is 3. The van der Waals surface area contributed by atoms with Gasteiger partial charge in [0.25, 0.3) is 0 Å². The van der Waals surface area contributed by atoms with Gasteiger partial charge >= 0.3 is 17.9 Å². The van der Waals surface area contributed by atoms with E-state index in [0.717, 1.165) is 0 Å². The summed E-state index contributed by atoms with van der Waals surface area (Å²) in [5.74, 6) is -6.09. The molecule has 1 heterocycles. The van der Waals surface area contributed by atoms with Crippen LogP contribution in [0, 0.1) is 0 Å². The van der Waals surface area contributed by atoms with Crippen LogP contribution in [-0.2, 0) is 30.4 Å². The average Bonchev–Trinajstić information content (AvgIpc) is 3.09. The molecule has 3 atom stereocenters. The first-order valence-electron chi connectivity index (χ1n) is 8.10. The number of rotatable bonds is 12. The fourth-order valence-corrected chi connectivity index (χ4v) is 2.19. The Kier molecular flexibility index (Phi) is 8.55. The fraction of sp³-hybridized carbons (Fsp3) is 0.467. The zero-order valence-corrected chi connectivity index (χ0v) is 14.6. The van der Waals surface area contributed by atoms with E-state index in [2.05, 4.69) is 15.3 Å². The average molecular weight is 399 g/mol. The van der Waals surface area contributed by atoms with E-state index in [0.29, 0.717) is 5.69 Å². The third-order valence-corrected chi connectivity index (χ3v) is 3.60. The van der Waals surface area contributed by atoms with Crippen LogP contribution in [0.5, 0.6) is 0 Å². The van der Waals surface area contributed by atoms with Crippen molar-refractivity contribution in [1.82, 2.24) is 20.6 Å². The molecule has 1 aromatic rings. The van der Waals surface area contributed by atoms with Gasteiger partial charge in [-0.15, -0.1) is 0 Å². The van der Waals surface area contributed by atoms with Crippen LogP contribution in [0.2, 0.25) is 0 Å². The van der Waals surface area contributed by atoms with Gasteiger partial charge in [-0.3, -0.25) is 19.2 Å². The lowest BCUT2D eigenvalue weighted by Gasteiger charge is -2.22. The van der Waals surface area contributed by atoms with Crippen molar-refractivity contribution in [2.45, 2.75) is 43.8 Å². The third-order valence-electron chi connectivity index (χ3n) is 3.60. The molecule has 0 fully saturated rings. The molecule has 0 unspecified atom stereocenters. The number of hydrogen-bond donors (Lipinski definition) is 7. The largest absolute Gasteiger partial charge is 0.481 e. The van der Waals surface area contributed by atoms with E-state index < -0.39 is 60.7 Å². The summed E-state index contributed by atoms with van der Waals surface area (Å²) in [6.45, 7) is 0. The number of carbonyl (C=O) groups is 5. The summed E-state index contributed by atoms with van der Waals surface area (Å²) in [7, 11) is 0. The first-order valence-corrected chi connectivity index (χ1v) is 8.10. The topological polar surface area (TPSA) is 225 Å². The molecule has 0 aliphatic heterocycles. The van der Waals surface area contributed by atoms with Gasteiger partial charge in [-0.1, -0.05) is 0 Å². The Morgan fingerprint density at radius 1 is 1.04 bits per heavy atom. The summed E-state index contributed by atoms with van der Waals surface area (Å²) >= 11 is 0. The molecule has 28 heavy (non-hydrogen) atoms. The SMILES string of the molecule is N[C@@H](Cc1cnc[nH]1)C(=O)N[C@@H](CCC(=O)O)C(=O)N[C@@H](CC(=O)O)C(=O)O. The van der Waals surface area contributed by atoms with Crippen LogP contribution in [0.1, 0.15) is 25.0 Å². The summed E-state index contributed by atoms with van der Waals surface area (Å²) in [5.41, 5.74) is 6.31. The summed E-state index contributed by atoms with van der Waals surface area (Å²) in [6, 6.07) is -4.24. The molecule has 13 heteroatoms. The smallest absolute Gasteiger partial charge is 0.326 e. The molecule has 0 aliphatic carbocycles. The quantitative estimate of drug-likeness (QED) is 0.198. The van der Waals surface area contributed by atoms with Crippen molar-refractivity contribution in [1.29, 1.82) is 0 Å². The second kappa shape index (κ2) is 10.6. The van der Waals surface area contributed by atoms with Crippen LogP contribution in [0.15, 0.2) is 12.5 Å². The first kappa shape index (κ1) is 22.6. The Labute approximate surface area is 158 Å². The minimum atomic E-state index is -1.74. The second-order valence-electron chi connectivity index (χ2n) is 5.88. The van der Waals surface area contributed by atoms with Crippen LogP contribution in [0.25, 0.3) is 0 Å². The van der Waals surface area contributed by atoms with Crippen LogP contribution >= 0.6 is 0 Å². The third kappa shape index (κ3) is 7.82. The number of nitrogens with one attached hydrogen (secondary N) is 3. The highest BCUT2D eigenvalue weighted by atomic mass is 16.4. The van der Waals surface area contributed by atoms with Gasteiger partial charge in [0.1, 0.15) is 12.1 Å². The highest BCUT2D eigenvalue weighted by molar-refractivity contribution is 5.93. The van der Waals surface area contributed by atoms with Gasteiger partial charge in [0.05, 0.1) is 18.8 Å². The monoisotopic (exact) mass is 399 g/mol. The van der Waals surface area contributed by atoms with Crippen molar-refractivity contribution in [3.8, 4) is 0 Å². The Morgan fingerprint density at radius 3 is 2.18 bits per heavy atom. The number of carbonyl (C=O) groups excluding carboxylic acids is 2. The van der Waals surface area contributed by atoms with Crippen molar-refractivity contribution in [3.05, 3.63) is 18.2 Å². The maximum Gasteiger partial charge on any atom is 0.326 e. The molecular formula is C15H21N5O8. The molecule has 0 saturated heterocycles. The number of aromatic nitrogens is 2. The molecule has 0 spiro atoms. The Bertz CT molecular complexity index is 720. The molecular weight excluding hydrogens is 378 g/mol. The molecule has 1 rings (SSSR count). The van der Waals surface area contributed by atoms with Crippen molar-refractivity contribution in [2.75, 3.05) is 0 Å². The maximum atomic E-state index is 12.3. The molecule has 0 aliphatic rings. The molecule has 0 radical (unpaired) electrons. The minimum absolute atomic E-state index is 0.0653. The number of carboxylic acid groups (broad SMARTS) is 3. The Hall–Kier alpha value is -3.48. The van der Waals surface area contributed by atoms with E-state index in [9.17, 15) is 24.0 Å². The van der Waals surface area contributed by atoms with Crippen molar-refractivity contribution >= 4 is 29.7 Å². The van der Waals surface area contributed by atoms with Crippen molar-refractivity contribution in [3.63, 3.8) is 0 Å². The number of aromatic amines is 1. The van der Waals surface area contributed by atoms with Gasteiger partial charge in [-0.2, -0.15) is 0 Å². The summed E-state index contributed by atoms with van der Waals surface area (Å²) < 4.78 is 0. The zero-order chi connectivity index (χ0) is 21.3. The van der Waals surface area contributed by atoms with Crippen molar-refractivity contribution in [2.24, 2.45) is 5.73 Å². The van der Waals surface area contributed by atoms with E-state index in [1.165, 1.54) is 12.5 Å². The number of H-pyrrole nitrogens is 1. The molecule has 8 N–H and O–H groups in total. The van der Waals surface area contributed by atoms with Gasteiger partial charge in [-0.25, -0.2) is 9.78 Å². The van der Waals surface area contributed by atoms with Gasteiger partial charge in [-0.05, 0) is 6.42 Å². The Balaban J connectivity index is 2.80. The van der Waals surface area contributed by atoms with Crippen molar-refractivity contribution < 1.29 is 39.3 Å². The van der Waals surface area contributed by atoms with Crippen LogP contribution in [-0.4, -0.2) is 73.1 Å². The second-order valence-corrected chi connectivity index (χ2v) is 5.88. The lowest BCUT2D eigenvalue weighted by molar-refractivity contribution is -0.147. The number of aliphatic carboxylic acids is 3. The molecule has 0 bridgehead atoms. The Morgan fingerprint density at radius 2 is 1.68 bits per heavy atom. The van der Waals surface area contributed by atoms with Gasteiger partial charge in [0.2, 0.25) is 11.8 Å². The number of imidazole rings is 1. The van der Waals surface area contributed by atoms with Crippen LogP contribution in [0.4, 0.5) is 0 Å². The van der Waals surface area contributed by atoms with E-state index in [1.807, 2.05) is 5.32 Å². The predicted octanol–water partition coefficient (Wildman–Crippen LogP) is -2.33. The number of nitrogens with two attached hydrogens (primary N) is 1. The van der Waals surface area contributed by atoms with Crippen LogP contribution in [0.3, 0.4) is 0 Å². The molecule has 2 amide bonds. The highest BCUT2D eigenvalue weighted by Crippen LogP contribution is 2.03. The van der Waals surface area contributed by atoms with Gasteiger partial charge < -0.3 is 36.7 Å². The van der Waals surface area contributed by atoms with Gasteiger partial charge in [0, 0.05) is 24.7 Å². The number of nitrogens with zero attached hydrogens (tertiary/aromatic N) is 1.